The summed E-state index contributed by atoms with van der Waals surface area (Å²) >= 11 is 0. The van der Waals surface area contributed by atoms with Gasteiger partial charge in [-0.25, -0.2) is 13.6 Å². The number of hydrogen-bond acceptors (Lipinski definition) is 8. The molecule has 2 N–H and O–H groups in total. The molecule has 1 unspecified atom stereocenters. The fourth-order valence-corrected chi connectivity index (χ4v) is 3.81. The molecule has 0 saturated heterocycles. The third-order valence-corrected chi connectivity index (χ3v) is 5.81. The SMILES string of the molecule is Cc1ccc(-c2nc(-c3ccc(CC(NC(=O)Nc4cc(-c5ccc(F)cc5)on4)OC=O)cc3F)no2)cc1. The Morgan fingerprint density at radius 1 is 0.975 bits per heavy atom. The Morgan fingerprint density at radius 3 is 2.45 bits per heavy atom. The van der Waals surface area contributed by atoms with Crippen LogP contribution in [-0.2, 0) is 16.0 Å². The van der Waals surface area contributed by atoms with Crippen molar-refractivity contribution in [1.29, 1.82) is 0 Å². The van der Waals surface area contributed by atoms with Crippen LogP contribution in [0.2, 0.25) is 0 Å². The number of hydrogen-bond donors (Lipinski definition) is 2. The van der Waals surface area contributed by atoms with E-state index in [1.54, 1.807) is 6.07 Å². The van der Waals surface area contributed by atoms with Crippen LogP contribution in [0.1, 0.15) is 11.1 Å². The van der Waals surface area contributed by atoms with Crippen LogP contribution >= 0.6 is 0 Å². The molecule has 3 aromatic carbocycles. The summed E-state index contributed by atoms with van der Waals surface area (Å²) in [6.07, 6.45) is -1.16. The predicted octanol–water partition coefficient (Wildman–Crippen LogP) is 5.51. The molecule has 5 aromatic rings. The molecular weight excluding hydrogens is 524 g/mol. The molecule has 0 aliphatic carbocycles. The zero-order chi connectivity index (χ0) is 28.1. The molecule has 0 radical (unpaired) electrons. The van der Waals surface area contributed by atoms with E-state index < -0.39 is 23.9 Å². The third-order valence-electron chi connectivity index (χ3n) is 5.81. The van der Waals surface area contributed by atoms with E-state index in [1.807, 2.05) is 31.2 Å². The van der Waals surface area contributed by atoms with E-state index in [4.69, 9.17) is 13.8 Å². The highest BCUT2D eigenvalue weighted by atomic mass is 19.1. The molecule has 40 heavy (non-hydrogen) atoms. The average molecular weight is 546 g/mol. The molecule has 2 heterocycles. The maximum absolute atomic E-state index is 15.0. The lowest BCUT2D eigenvalue weighted by Gasteiger charge is -2.17. The van der Waals surface area contributed by atoms with Crippen molar-refractivity contribution < 1.29 is 32.2 Å². The van der Waals surface area contributed by atoms with Gasteiger partial charge in [-0.1, -0.05) is 34.1 Å². The van der Waals surface area contributed by atoms with Crippen molar-refractivity contribution in [2.75, 3.05) is 5.32 Å². The van der Waals surface area contributed by atoms with Crippen LogP contribution in [0.15, 0.2) is 81.8 Å². The van der Waals surface area contributed by atoms with Crippen molar-refractivity contribution in [2.45, 2.75) is 19.6 Å². The van der Waals surface area contributed by atoms with Crippen LogP contribution in [0.5, 0.6) is 0 Å². The van der Waals surface area contributed by atoms with E-state index in [-0.39, 0.29) is 36.0 Å². The number of aryl methyl sites for hydroxylation is 1. The van der Waals surface area contributed by atoms with Crippen LogP contribution < -0.4 is 10.6 Å². The number of amides is 2. The van der Waals surface area contributed by atoms with Crippen molar-refractivity contribution in [3.63, 3.8) is 0 Å². The minimum absolute atomic E-state index is 0.0378. The molecular formula is C28H21F2N5O5. The van der Waals surface area contributed by atoms with Gasteiger partial charge >= 0.3 is 6.03 Å². The maximum Gasteiger partial charge on any atom is 0.323 e. The van der Waals surface area contributed by atoms with Gasteiger partial charge in [0.2, 0.25) is 5.82 Å². The molecule has 0 fully saturated rings. The molecule has 1 atom stereocenters. The monoisotopic (exact) mass is 545 g/mol. The van der Waals surface area contributed by atoms with Gasteiger partial charge in [0.15, 0.2) is 17.8 Å². The standard InChI is InChI=1S/C28H21F2N5O5/c1-16-2-5-19(6-3-16)27-33-26(35-40-27)21-11-4-17(12-22(21)30)13-25(38-15-36)32-28(37)31-24-14-23(39-34-24)18-7-9-20(29)10-8-18/h2-12,14-15,25H,13H2,1H3,(H2,31,32,34,37). The molecule has 202 valence electrons. The number of ether oxygens (including phenoxy) is 1. The summed E-state index contributed by atoms with van der Waals surface area (Å²) in [7, 11) is 0. The lowest BCUT2D eigenvalue weighted by atomic mass is 10.1. The van der Waals surface area contributed by atoms with E-state index in [2.05, 4.69) is 25.9 Å². The molecule has 12 heteroatoms. The van der Waals surface area contributed by atoms with Gasteiger partial charge in [-0.2, -0.15) is 4.98 Å². The quantitative estimate of drug-likeness (QED) is 0.183. The van der Waals surface area contributed by atoms with Gasteiger partial charge in [0.25, 0.3) is 12.4 Å². The Hall–Kier alpha value is -5.39. The van der Waals surface area contributed by atoms with Crippen LogP contribution in [0.25, 0.3) is 34.2 Å². The smallest absolute Gasteiger partial charge is 0.323 e. The molecule has 0 saturated carbocycles. The number of urea groups is 1. The van der Waals surface area contributed by atoms with Gasteiger partial charge in [-0.05, 0) is 61.0 Å². The lowest BCUT2D eigenvalue weighted by Crippen LogP contribution is -2.41. The van der Waals surface area contributed by atoms with Gasteiger partial charge in [0, 0.05) is 23.6 Å². The number of benzene rings is 3. The number of nitrogens with zero attached hydrogens (tertiary/aromatic N) is 3. The summed E-state index contributed by atoms with van der Waals surface area (Å²) in [5.74, 6) is -0.324. The first-order chi connectivity index (χ1) is 19.4. The number of anilines is 1. The van der Waals surface area contributed by atoms with Crippen molar-refractivity contribution in [2.24, 2.45) is 0 Å². The van der Waals surface area contributed by atoms with E-state index >= 15 is 0 Å². The van der Waals surface area contributed by atoms with Crippen LogP contribution in [0, 0.1) is 18.6 Å². The topological polar surface area (TPSA) is 132 Å². The van der Waals surface area contributed by atoms with Crippen LogP contribution in [0.3, 0.4) is 0 Å². The average Bonchev–Trinajstić information content (AvgIpc) is 3.60. The number of rotatable bonds is 9. The Labute approximate surface area is 226 Å². The minimum Gasteiger partial charge on any atom is -0.443 e. The Balaban J connectivity index is 1.22. The Bertz CT molecular complexity index is 1630. The summed E-state index contributed by atoms with van der Waals surface area (Å²) in [5, 5.41) is 12.5. The molecule has 2 aromatic heterocycles. The molecule has 0 aliphatic rings. The molecule has 0 bridgehead atoms. The second kappa shape index (κ2) is 11.6. The first kappa shape index (κ1) is 26.2. The first-order valence-electron chi connectivity index (χ1n) is 12.0. The van der Waals surface area contributed by atoms with E-state index in [9.17, 15) is 18.4 Å². The van der Waals surface area contributed by atoms with Gasteiger partial charge in [0.1, 0.15) is 11.6 Å². The zero-order valence-corrected chi connectivity index (χ0v) is 20.9. The van der Waals surface area contributed by atoms with Crippen molar-refractivity contribution in [3.8, 4) is 34.2 Å². The first-order valence-corrected chi connectivity index (χ1v) is 12.0. The summed E-state index contributed by atoms with van der Waals surface area (Å²) in [6, 6.07) is 18.0. The summed E-state index contributed by atoms with van der Waals surface area (Å²) in [4.78, 5) is 27.8. The van der Waals surface area contributed by atoms with E-state index in [0.29, 0.717) is 22.5 Å². The van der Waals surface area contributed by atoms with Crippen molar-refractivity contribution >= 4 is 18.3 Å². The minimum atomic E-state index is -1.12. The van der Waals surface area contributed by atoms with Crippen molar-refractivity contribution in [3.05, 3.63) is 95.6 Å². The van der Waals surface area contributed by atoms with Gasteiger partial charge in [-0.15, -0.1) is 0 Å². The van der Waals surface area contributed by atoms with Crippen LogP contribution in [-0.4, -0.2) is 34.0 Å². The summed E-state index contributed by atoms with van der Waals surface area (Å²) < 4.78 is 43.5. The van der Waals surface area contributed by atoms with E-state index in [0.717, 1.165) is 5.56 Å². The van der Waals surface area contributed by atoms with Gasteiger partial charge < -0.3 is 19.1 Å². The maximum atomic E-state index is 15.0. The second-order valence-corrected chi connectivity index (χ2v) is 8.71. The third kappa shape index (κ3) is 6.18. The number of nitrogens with one attached hydrogen (secondary N) is 2. The largest absolute Gasteiger partial charge is 0.443 e. The molecule has 5 rings (SSSR count). The highest BCUT2D eigenvalue weighted by molar-refractivity contribution is 5.88. The Kier molecular flexibility index (Phi) is 7.58. The molecule has 2 amide bonds. The molecule has 10 nitrogen and oxygen atoms in total. The number of aromatic nitrogens is 3. The Morgan fingerprint density at radius 2 is 1.73 bits per heavy atom. The predicted molar refractivity (Wildman–Crippen MR) is 139 cm³/mol. The highest BCUT2D eigenvalue weighted by Gasteiger charge is 2.19. The van der Waals surface area contributed by atoms with E-state index in [1.165, 1.54) is 42.5 Å². The van der Waals surface area contributed by atoms with Crippen molar-refractivity contribution in [1.82, 2.24) is 20.6 Å². The van der Waals surface area contributed by atoms with Crippen LogP contribution in [0.4, 0.5) is 19.4 Å². The summed E-state index contributed by atoms with van der Waals surface area (Å²) in [5.41, 5.74) is 2.88. The highest BCUT2D eigenvalue weighted by Crippen LogP contribution is 2.26. The van der Waals surface area contributed by atoms with Gasteiger partial charge in [-0.3, -0.25) is 10.1 Å². The molecule has 0 aliphatic heterocycles. The fourth-order valence-electron chi connectivity index (χ4n) is 3.81. The fraction of sp³-hybridized carbons (Fsp3) is 0.107. The summed E-state index contributed by atoms with van der Waals surface area (Å²) in [6.45, 7) is 2.13. The number of carbonyl (C=O) groups is 2. The second-order valence-electron chi connectivity index (χ2n) is 8.71. The number of halogens is 2. The zero-order valence-electron chi connectivity index (χ0n) is 20.9. The number of carbonyl (C=O) groups excluding carboxylic acids is 2. The molecule has 0 spiro atoms. The normalized spacial score (nSPS) is 11.6. The lowest BCUT2D eigenvalue weighted by molar-refractivity contribution is -0.134. The van der Waals surface area contributed by atoms with Gasteiger partial charge in [0.05, 0.1) is 5.56 Å².